The lowest BCUT2D eigenvalue weighted by Crippen LogP contribution is -2.22. The molecule has 0 spiro atoms. The lowest BCUT2D eigenvalue weighted by molar-refractivity contribution is 0.296. The van der Waals surface area contributed by atoms with E-state index in [0.29, 0.717) is 26.8 Å². The molecule has 0 aliphatic heterocycles. The van der Waals surface area contributed by atoms with E-state index in [1.54, 1.807) is 30.3 Å². The van der Waals surface area contributed by atoms with Crippen molar-refractivity contribution in [3.05, 3.63) is 63.6 Å². The summed E-state index contributed by atoms with van der Waals surface area (Å²) in [4.78, 5) is 3.94. The second kappa shape index (κ2) is 10.8. The minimum Gasteiger partial charge on any atom is -0.471 e. The standard InChI is InChI=1S/C21H22Cl2N6O3S2/c1-2-24-9-10-25-17-11-15(22)8-7-14(17)13-32-20-16-5-3-4-6-18(16)29(27-20)34(30,31)28-21-26-12-19(23)33-21/h3-8,11-12,24-25H,2,9-10,13H2,1H3,(H,26,28). The molecule has 2 aromatic carbocycles. The molecule has 13 heteroatoms. The highest BCUT2D eigenvalue weighted by Crippen LogP contribution is 2.30. The summed E-state index contributed by atoms with van der Waals surface area (Å²) in [6.07, 6.45) is 1.37. The Morgan fingerprint density at radius 2 is 1.97 bits per heavy atom. The molecule has 4 aromatic rings. The van der Waals surface area contributed by atoms with Gasteiger partial charge in [-0.2, -0.15) is 8.42 Å². The molecular formula is C21H22Cl2N6O3S2. The fourth-order valence-electron chi connectivity index (χ4n) is 3.20. The highest BCUT2D eigenvalue weighted by molar-refractivity contribution is 7.91. The van der Waals surface area contributed by atoms with Gasteiger partial charge in [0.05, 0.1) is 17.1 Å². The van der Waals surface area contributed by atoms with Crippen LogP contribution in [0.15, 0.2) is 48.7 Å². The number of para-hydroxylation sites is 1. The Bertz CT molecular complexity index is 1390. The maximum atomic E-state index is 13.0. The molecule has 0 radical (unpaired) electrons. The Labute approximate surface area is 211 Å². The molecule has 2 heterocycles. The number of fused-ring (bicyclic) bond motifs is 1. The van der Waals surface area contributed by atoms with Crippen molar-refractivity contribution >= 4 is 66.5 Å². The smallest absolute Gasteiger partial charge is 0.345 e. The number of likely N-dealkylation sites (N-methyl/N-ethyl adjacent to an activating group) is 1. The van der Waals surface area contributed by atoms with Gasteiger partial charge in [0, 0.05) is 29.4 Å². The van der Waals surface area contributed by atoms with E-state index < -0.39 is 10.2 Å². The third kappa shape index (κ3) is 5.73. The van der Waals surface area contributed by atoms with Gasteiger partial charge in [0.1, 0.15) is 10.9 Å². The fourth-order valence-corrected chi connectivity index (χ4v) is 5.48. The first-order valence-electron chi connectivity index (χ1n) is 10.4. The molecule has 2 aromatic heterocycles. The van der Waals surface area contributed by atoms with Gasteiger partial charge in [0.15, 0.2) is 5.13 Å². The van der Waals surface area contributed by atoms with Gasteiger partial charge in [-0.25, -0.2) is 9.71 Å². The van der Waals surface area contributed by atoms with E-state index in [2.05, 4.69) is 25.4 Å². The number of nitrogens with zero attached hydrogens (tertiary/aromatic N) is 3. The summed E-state index contributed by atoms with van der Waals surface area (Å²) in [5, 5.41) is 12.1. The van der Waals surface area contributed by atoms with Crippen LogP contribution in [0.2, 0.25) is 9.36 Å². The van der Waals surface area contributed by atoms with Gasteiger partial charge in [-0.15, -0.1) is 9.19 Å². The van der Waals surface area contributed by atoms with E-state index in [-0.39, 0.29) is 17.6 Å². The van der Waals surface area contributed by atoms with E-state index in [9.17, 15) is 8.42 Å². The number of ether oxygens (including phenoxy) is 1. The van der Waals surface area contributed by atoms with Gasteiger partial charge in [-0.1, -0.05) is 59.7 Å². The highest BCUT2D eigenvalue weighted by Gasteiger charge is 2.23. The van der Waals surface area contributed by atoms with Crippen LogP contribution in [0, 0.1) is 0 Å². The predicted octanol–water partition coefficient (Wildman–Crippen LogP) is 4.61. The van der Waals surface area contributed by atoms with Crippen molar-refractivity contribution in [2.75, 3.05) is 29.7 Å². The molecule has 0 saturated heterocycles. The summed E-state index contributed by atoms with van der Waals surface area (Å²) in [6.45, 7) is 4.61. The maximum absolute atomic E-state index is 13.0. The van der Waals surface area contributed by atoms with Crippen molar-refractivity contribution in [1.82, 2.24) is 19.5 Å². The SMILES string of the molecule is CCNCCNc1cc(Cl)ccc1COc1nn(S(=O)(=O)Nc2ncc(Cl)s2)c2ccccc12. The lowest BCUT2D eigenvalue weighted by atomic mass is 10.2. The van der Waals surface area contributed by atoms with Gasteiger partial charge < -0.3 is 15.4 Å². The van der Waals surface area contributed by atoms with Crippen molar-refractivity contribution in [3.63, 3.8) is 0 Å². The number of benzene rings is 2. The molecule has 0 atom stereocenters. The molecule has 34 heavy (non-hydrogen) atoms. The quantitative estimate of drug-likeness (QED) is 0.238. The maximum Gasteiger partial charge on any atom is 0.345 e. The molecular weight excluding hydrogens is 519 g/mol. The number of halogens is 2. The summed E-state index contributed by atoms with van der Waals surface area (Å²) < 4.78 is 35.6. The van der Waals surface area contributed by atoms with Gasteiger partial charge in [0.2, 0.25) is 5.88 Å². The normalized spacial score (nSPS) is 11.6. The Kier molecular flexibility index (Phi) is 7.79. The van der Waals surface area contributed by atoms with Gasteiger partial charge >= 0.3 is 10.2 Å². The number of aromatic nitrogens is 3. The molecule has 0 fully saturated rings. The van der Waals surface area contributed by atoms with Crippen molar-refractivity contribution < 1.29 is 13.2 Å². The van der Waals surface area contributed by atoms with E-state index in [0.717, 1.165) is 39.8 Å². The van der Waals surface area contributed by atoms with Crippen LogP contribution >= 0.6 is 34.5 Å². The van der Waals surface area contributed by atoms with E-state index in [4.69, 9.17) is 27.9 Å². The third-order valence-electron chi connectivity index (χ3n) is 4.75. The molecule has 9 nitrogen and oxygen atoms in total. The average Bonchev–Trinajstić information content (AvgIpc) is 3.39. The molecule has 0 unspecified atom stereocenters. The fraction of sp³-hybridized carbons (Fsp3) is 0.238. The minimum absolute atomic E-state index is 0.140. The van der Waals surface area contributed by atoms with Crippen molar-refractivity contribution in [1.29, 1.82) is 0 Å². The minimum atomic E-state index is -4.09. The van der Waals surface area contributed by atoms with Crippen molar-refractivity contribution in [3.8, 4) is 5.88 Å². The first-order chi connectivity index (χ1) is 16.4. The molecule has 0 aliphatic rings. The topological polar surface area (TPSA) is 110 Å². The number of thiazole rings is 1. The predicted molar refractivity (Wildman–Crippen MR) is 138 cm³/mol. The second-order valence-electron chi connectivity index (χ2n) is 7.11. The van der Waals surface area contributed by atoms with Crippen LogP contribution in [0.5, 0.6) is 5.88 Å². The number of rotatable bonds is 11. The van der Waals surface area contributed by atoms with Crippen LogP contribution < -0.4 is 20.1 Å². The number of nitrogens with one attached hydrogen (secondary N) is 3. The number of hydrogen-bond acceptors (Lipinski definition) is 8. The first kappa shape index (κ1) is 24.6. The van der Waals surface area contributed by atoms with Crippen LogP contribution in [0.4, 0.5) is 10.8 Å². The molecule has 0 aliphatic carbocycles. The summed E-state index contributed by atoms with van der Waals surface area (Å²) >= 11 is 13.1. The van der Waals surface area contributed by atoms with E-state index in [1.807, 2.05) is 19.1 Å². The van der Waals surface area contributed by atoms with Crippen molar-refractivity contribution in [2.45, 2.75) is 13.5 Å². The van der Waals surface area contributed by atoms with Crippen LogP contribution in [0.25, 0.3) is 10.9 Å². The summed E-state index contributed by atoms with van der Waals surface area (Å²) in [6, 6.07) is 12.4. The molecule has 180 valence electrons. The largest absolute Gasteiger partial charge is 0.471 e. The summed E-state index contributed by atoms with van der Waals surface area (Å²) in [5.74, 6) is 0.187. The highest BCUT2D eigenvalue weighted by atomic mass is 35.5. The Morgan fingerprint density at radius 3 is 2.74 bits per heavy atom. The van der Waals surface area contributed by atoms with E-state index in [1.165, 1.54) is 6.20 Å². The monoisotopic (exact) mass is 540 g/mol. The zero-order valence-corrected chi connectivity index (χ0v) is 21.2. The van der Waals surface area contributed by atoms with Crippen LogP contribution in [-0.4, -0.2) is 42.2 Å². The van der Waals surface area contributed by atoms with Gasteiger partial charge in [0.25, 0.3) is 0 Å². The zero-order valence-electron chi connectivity index (χ0n) is 18.1. The average molecular weight is 541 g/mol. The molecule has 4 rings (SSSR count). The molecule has 0 saturated carbocycles. The third-order valence-corrected chi connectivity index (χ3v) is 7.33. The summed E-state index contributed by atoms with van der Waals surface area (Å²) in [5.41, 5.74) is 2.06. The van der Waals surface area contributed by atoms with Gasteiger partial charge in [-0.3, -0.25) is 0 Å². The zero-order chi connectivity index (χ0) is 24.1. The molecule has 0 bridgehead atoms. The molecule has 0 amide bonds. The summed E-state index contributed by atoms with van der Waals surface area (Å²) in [7, 11) is -4.09. The molecule has 3 N–H and O–H groups in total. The van der Waals surface area contributed by atoms with Crippen LogP contribution in [0.1, 0.15) is 12.5 Å². The Hall–Kier alpha value is -2.57. The van der Waals surface area contributed by atoms with Crippen LogP contribution in [-0.2, 0) is 16.8 Å². The Balaban J connectivity index is 1.58. The number of hydrogen-bond donors (Lipinski definition) is 3. The Morgan fingerprint density at radius 1 is 1.15 bits per heavy atom. The van der Waals surface area contributed by atoms with Gasteiger partial charge in [-0.05, 0) is 30.8 Å². The van der Waals surface area contributed by atoms with Crippen molar-refractivity contribution in [2.24, 2.45) is 0 Å². The lowest BCUT2D eigenvalue weighted by Gasteiger charge is -2.13. The first-order valence-corrected chi connectivity index (χ1v) is 13.4. The van der Waals surface area contributed by atoms with Crippen LogP contribution in [0.3, 0.4) is 0 Å². The number of anilines is 2. The van der Waals surface area contributed by atoms with E-state index >= 15 is 0 Å². The second-order valence-corrected chi connectivity index (χ2v) is 10.7.